The minimum atomic E-state index is -0.527. The number of carbonyl (C=O) groups is 1. The minimum absolute atomic E-state index is 0.00665. The number of rotatable bonds is 6. The molecule has 0 saturated carbocycles. The zero-order valence-electron chi connectivity index (χ0n) is 14.7. The zero-order chi connectivity index (χ0) is 18.5. The van der Waals surface area contributed by atoms with Crippen molar-refractivity contribution < 1.29 is 13.9 Å². The van der Waals surface area contributed by atoms with Crippen molar-refractivity contribution in [1.29, 1.82) is 0 Å². The molecule has 2 aromatic carbocycles. The van der Waals surface area contributed by atoms with Crippen molar-refractivity contribution in [2.75, 3.05) is 26.7 Å². The van der Waals surface area contributed by atoms with Crippen molar-refractivity contribution in [1.82, 2.24) is 10.2 Å². The SMILES string of the molecule is COc1ccccc1[C@H](CNC(=O)c1cc(Br)ccc1F)N1CCCC1. The molecule has 1 amide bonds. The third-order valence-electron chi connectivity index (χ3n) is 4.71. The molecule has 3 rings (SSSR count). The lowest BCUT2D eigenvalue weighted by atomic mass is 10.0. The third-order valence-corrected chi connectivity index (χ3v) is 5.20. The molecule has 1 heterocycles. The van der Waals surface area contributed by atoms with E-state index in [2.05, 4.69) is 26.1 Å². The first-order valence-electron chi connectivity index (χ1n) is 8.70. The maximum Gasteiger partial charge on any atom is 0.254 e. The Morgan fingerprint density at radius 2 is 2.00 bits per heavy atom. The number of amides is 1. The molecule has 6 heteroatoms. The highest BCUT2D eigenvalue weighted by atomic mass is 79.9. The number of nitrogens with one attached hydrogen (secondary N) is 1. The summed E-state index contributed by atoms with van der Waals surface area (Å²) in [7, 11) is 1.65. The van der Waals surface area contributed by atoms with Gasteiger partial charge in [0.2, 0.25) is 0 Å². The second kappa shape index (κ2) is 8.64. The predicted octanol–water partition coefficient (Wildman–Crippen LogP) is 4.16. The second-order valence-electron chi connectivity index (χ2n) is 6.34. The van der Waals surface area contributed by atoms with E-state index in [9.17, 15) is 9.18 Å². The van der Waals surface area contributed by atoms with Crippen LogP contribution in [0.15, 0.2) is 46.9 Å². The highest BCUT2D eigenvalue weighted by Crippen LogP contribution is 2.31. The van der Waals surface area contributed by atoms with Gasteiger partial charge in [0.25, 0.3) is 5.91 Å². The summed E-state index contributed by atoms with van der Waals surface area (Å²) in [6.45, 7) is 2.35. The van der Waals surface area contributed by atoms with E-state index in [1.807, 2.05) is 24.3 Å². The molecule has 1 fully saturated rings. The molecule has 0 bridgehead atoms. The number of nitrogens with zero attached hydrogens (tertiary/aromatic N) is 1. The fraction of sp³-hybridized carbons (Fsp3) is 0.350. The van der Waals surface area contributed by atoms with Gasteiger partial charge >= 0.3 is 0 Å². The summed E-state index contributed by atoms with van der Waals surface area (Å²) in [4.78, 5) is 14.8. The summed E-state index contributed by atoms with van der Waals surface area (Å²) >= 11 is 3.28. The molecule has 26 heavy (non-hydrogen) atoms. The maximum atomic E-state index is 14.0. The number of ether oxygens (including phenoxy) is 1. The van der Waals surface area contributed by atoms with Crippen LogP contribution in [0, 0.1) is 5.82 Å². The van der Waals surface area contributed by atoms with Crippen molar-refractivity contribution >= 4 is 21.8 Å². The summed E-state index contributed by atoms with van der Waals surface area (Å²) in [5.41, 5.74) is 1.08. The van der Waals surface area contributed by atoms with Gasteiger partial charge in [0.15, 0.2) is 0 Å². The molecule has 4 nitrogen and oxygen atoms in total. The van der Waals surface area contributed by atoms with E-state index in [-0.39, 0.29) is 11.6 Å². The van der Waals surface area contributed by atoms with Crippen LogP contribution in [-0.2, 0) is 0 Å². The summed E-state index contributed by atoms with van der Waals surface area (Å²) in [5, 5.41) is 2.90. The lowest BCUT2D eigenvalue weighted by Crippen LogP contribution is -2.37. The van der Waals surface area contributed by atoms with E-state index in [1.54, 1.807) is 13.2 Å². The van der Waals surface area contributed by atoms with Crippen molar-refractivity contribution in [3.8, 4) is 5.75 Å². The number of hydrogen-bond acceptors (Lipinski definition) is 3. The third kappa shape index (κ3) is 4.24. The first-order chi connectivity index (χ1) is 12.6. The molecule has 0 spiro atoms. The van der Waals surface area contributed by atoms with Crippen molar-refractivity contribution in [3.05, 3.63) is 63.9 Å². The maximum absolute atomic E-state index is 14.0. The second-order valence-corrected chi connectivity index (χ2v) is 7.25. The van der Waals surface area contributed by atoms with Gasteiger partial charge in [-0.1, -0.05) is 34.1 Å². The van der Waals surface area contributed by atoms with E-state index >= 15 is 0 Å². The van der Waals surface area contributed by atoms with E-state index in [1.165, 1.54) is 12.1 Å². The van der Waals surface area contributed by atoms with Gasteiger partial charge in [0.05, 0.1) is 18.7 Å². The fourth-order valence-electron chi connectivity index (χ4n) is 3.39. The number of hydrogen-bond donors (Lipinski definition) is 1. The number of halogens is 2. The van der Waals surface area contributed by atoms with Crippen LogP contribution >= 0.6 is 15.9 Å². The Labute approximate surface area is 161 Å². The zero-order valence-corrected chi connectivity index (χ0v) is 16.3. The van der Waals surface area contributed by atoms with Crippen LogP contribution in [0.4, 0.5) is 4.39 Å². The molecule has 138 valence electrons. The first kappa shape index (κ1) is 18.9. The monoisotopic (exact) mass is 420 g/mol. The Kier molecular flexibility index (Phi) is 6.27. The Bertz CT molecular complexity index is 778. The summed E-state index contributed by atoms with van der Waals surface area (Å²) in [5.74, 6) is -0.143. The Morgan fingerprint density at radius 1 is 1.27 bits per heavy atom. The van der Waals surface area contributed by atoms with Gasteiger partial charge in [0.1, 0.15) is 11.6 Å². The van der Waals surface area contributed by atoms with E-state index in [0.29, 0.717) is 11.0 Å². The molecular formula is C20H22BrFN2O2. The normalized spacial score (nSPS) is 15.7. The van der Waals surface area contributed by atoms with Gasteiger partial charge in [-0.15, -0.1) is 0 Å². The molecule has 1 aliphatic heterocycles. The van der Waals surface area contributed by atoms with Crippen LogP contribution < -0.4 is 10.1 Å². The molecule has 1 N–H and O–H groups in total. The smallest absolute Gasteiger partial charge is 0.254 e. The van der Waals surface area contributed by atoms with Gasteiger partial charge in [-0.05, 0) is 50.2 Å². The molecule has 0 unspecified atom stereocenters. The largest absolute Gasteiger partial charge is 0.496 e. The summed E-state index contributed by atoms with van der Waals surface area (Å²) in [6, 6.07) is 12.2. The molecule has 1 saturated heterocycles. The van der Waals surface area contributed by atoms with Gasteiger partial charge in [0, 0.05) is 16.6 Å². The van der Waals surface area contributed by atoms with Crippen LogP contribution in [0.5, 0.6) is 5.75 Å². The van der Waals surface area contributed by atoms with Gasteiger partial charge in [-0.2, -0.15) is 0 Å². The van der Waals surface area contributed by atoms with Crippen molar-refractivity contribution in [3.63, 3.8) is 0 Å². The van der Waals surface area contributed by atoms with Crippen LogP contribution in [0.3, 0.4) is 0 Å². The lowest BCUT2D eigenvalue weighted by molar-refractivity contribution is 0.0933. The molecular weight excluding hydrogens is 399 g/mol. The fourth-order valence-corrected chi connectivity index (χ4v) is 3.75. The van der Waals surface area contributed by atoms with Crippen molar-refractivity contribution in [2.24, 2.45) is 0 Å². The van der Waals surface area contributed by atoms with Crippen molar-refractivity contribution in [2.45, 2.75) is 18.9 Å². The Hall–Kier alpha value is -1.92. The van der Waals surface area contributed by atoms with Crippen LogP contribution in [0.25, 0.3) is 0 Å². The first-order valence-corrected chi connectivity index (χ1v) is 9.49. The number of likely N-dealkylation sites (tertiary alicyclic amines) is 1. The predicted molar refractivity (Wildman–Crippen MR) is 103 cm³/mol. The van der Waals surface area contributed by atoms with Crippen LogP contribution in [-0.4, -0.2) is 37.6 Å². The topological polar surface area (TPSA) is 41.6 Å². The van der Waals surface area contributed by atoms with E-state index < -0.39 is 11.7 Å². The molecule has 0 aliphatic carbocycles. The quantitative estimate of drug-likeness (QED) is 0.762. The summed E-state index contributed by atoms with van der Waals surface area (Å²) in [6.07, 6.45) is 2.28. The standard InChI is InChI=1S/C20H22BrFN2O2/c1-26-19-7-3-2-6-15(19)18(24-10-4-5-11-24)13-23-20(25)16-12-14(21)8-9-17(16)22/h2-3,6-9,12,18H,4-5,10-11,13H2,1H3,(H,23,25)/t18-/m0/s1. The van der Waals surface area contributed by atoms with Crippen LogP contribution in [0.1, 0.15) is 34.8 Å². The van der Waals surface area contributed by atoms with Gasteiger partial charge in [-0.3, -0.25) is 9.69 Å². The highest BCUT2D eigenvalue weighted by Gasteiger charge is 2.26. The molecule has 2 aromatic rings. The molecule has 1 atom stereocenters. The highest BCUT2D eigenvalue weighted by molar-refractivity contribution is 9.10. The molecule has 0 aromatic heterocycles. The lowest BCUT2D eigenvalue weighted by Gasteiger charge is -2.29. The molecule has 1 aliphatic rings. The van der Waals surface area contributed by atoms with Crippen LogP contribution in [0.2, 0.25) is 0 Å². The van der Waals surface area contributed by atoms with Gasteiger partial charge < -0.3 is 10.1 Å². The Balaban J connectivity index is 1.80. The van der Waals surface area contributed by atoms with E-state index in [0.717, 1.165) is 37.2 Å². The number of para-hydroxylation sites is 1. The minimum Gasteiger partial charge on any atom is -0.496 e. The number of methoxy groups -OCH3 is 1. The number of benzene rings is 2. The van der Waals surface area contributed by atoms with Gasteiger partial charge in [-0.25, -0.2) is 4.39 Å². The molecule has 0 radical (unpaired) electrons. The Morgan fingerprint density at radius 3 is 2.73 bits per heavy atom. The number of carbonyl (C=O) groups excluding carboxylic acids is 1. The van der Waals surface area contributed by atoms with E-state index in [4.69, 9.17) is 4.74 Å². The average Bonchev–Trinajstić information content (AvgIpc) is 3.18. The summed E-state index contributed by atoms with van der Waals surface area (Å²) < 4.78 is 20.2. The average molecular weight is 421 g/mol.